The van der Waals surface area contributed by atoms with Crippen LogP contribution in [0.25, 0.3) is 0 Å². The summed E-state index contributed by atoms with van der Waals surface area (Å²) in [7, 11) is 0.574. The van der Waals surface area contributed by atoms with E-state index in [0.29, 0.717) is 20.0 Å². The van der Waals surface area contributed by atoms with Crippen LogP contribution in [0.3, 0.4) is 0 Å². The molecule has 0 N–H and O–H groups in total. The molecule has 0 aromatic carbocycles. The van der Waals surface area contributed by atoms with Crippen LogP contribution >= 0.6 is 0 Å². The number of rotatable bonds is 2. The number of ether oxygens (including phenoxy) is 3. The molecule has 8 heteroatoms. The molecule has 5 atom stereocenters. The predicted molar refractivity (Wildman–Crippen MR) is 60.4 cm³/mol. The van der Waals surface area contributed by atoms with Gasteiger partial charge in [-0.3, -0.25) is 0 Å². The number of allylic oxidation sites excluding steroid dienone is 2. The lowest BCUT2D eigenvalue weighted by molar-refractivity contribution is -0.492. The van der Waals surface area contributed by atoms with Crippen molar-refractivity contribution in [1.29, 1.82) is 0 Å². The fourth-order valence-corrected chi connectivity index (χ4v) is 3.72. The van der Waals surface area contributed by atoms with Gasteiger partial charge >= 0.3 is 17.9 Å². The first-order chi connectivity index (χ1) is 9.73. The molecule has 2 aliphatic carbocycles. The van der Waals surface area contributed by atoms with Crippen molar-refractivity contribution in [3.8, 4) is 0 Å². The third-order valence-corrected chi connectivity index (χ3v) is 4.69. The first-order valence-corrected chi connectivity index (χ1v) is 6.66. The van der Waals surface area contributed by atoms with Crippen LogP contribution in [0.4, 0.5) is 22.0 Å². The Balaban J connectivity index is 1.94. The Morgan fingerprint density at radius 1 is 1.19 bits per heavy atom. The van der Waals surface area contributed by atoms with Crippen molar-refractivity contribution in [3.05, 3.63) is 12.2 Å². The van der Waals surface area contributed by atoms with Gasteiger partial charge in [0.1, 0.15) is 6.10 Å². The second-order valence-electron chi connectivity index (χ2n) is 5.73. The molecule has 0 amide bonds. The largest absolute Gasteiger partial charge is 0.450 e. The Morgan fingerprint density at radius 2 is 1.90 bits per heavy atom. The van der Waals surface area contributed by atoms with Crippen LogP contribution in [-0.4, -0.2) is 37.9 Å². The lowest BCUT2D eigenvalue weighted by Crippen LogP contribution is -2.70. The van der Waals surface area contributed by atoms with Gasteiger partial charge in [-0.2, -0.15) is 22.0 Å². The van der Waals surface area contributed by atoms with Gasteiger partial charge in [-0.05, 0) is 30.6 Å². The summed E-state index contributed by atoms with van der Waals surface area (Å²) in [5, 5.41) is 0. The molecule has 3 nitrogen and oxygen atoms in total. The summed E-state index contributed by atoms with van der Waals surface area (Å²) in [6.07, 6.45) is -2.43. The minimum atomic E-state index is -5.36. The molecule has 1 saturated carbocycles. The minimum absolute atomic E-state index is 0.144. The summed E-state index contributed by atoms with van der Waals surface area (Å²) >= 11 is 0. The van der Waals surface area contributed by atoms with Gasteiger partial charge in [-0.1, -0.05) is 12.2 Å². The summed E-state index contributed by atoms with van der Waals surface area (Å²) in [4.78, 5) is 0. The Kier molecular flexibility index (Phi) is 3.35. The molecule has 3 aliphatic rings. The van der Waals surface area contributed by atoms with Gasteiger partial charge in [0.05, 0.1) is 0 Å². The van der Waals surface area contributed by atoms with Gasteiger partial charge < -0.3 is 14.2 Å². The average molecular weight is 314 g/mol. The van der Waals surface area contributed by atoms with E-state index in [1.807, 2.05) is 6.08 Å². The molecule has 5 unspecified atom stereocenters. The number of methoxy groups -OCH3 is 1. The maximum atomic E-state index is 14.5. The fraction of sp³-hybridized carbons (Fsp3) is 0.846. The molecule has 1 heterocycles. The second-order valence-corrected chi connectivity index (χ2v) is 5.73. The topological polar surface area (TPSA) is 27.7 Å². The molecule has 1 aliphatic heterocycles. The molecule has 2 bridgehead atoms. The van der Waals surface area contributed by atoms with Crippen LogP contribution in [0.5, 0.6) is 0 Å². The predicted octanol–water partition coefficient (Wildman–Crippen LogP) is 3.11. The summed E-state index contributed by atoms with van der Waals surface area (Å²) < 4.78 is 81.8. The van der Waals surface area contributed by atoms with E-state index in [0.717, 1.165) is 0 Å². The number of fused-ring (bicyclic) bond motifs is 2. The Labute approximate surface area is 118 Å². The van der Waals surface area contributed by atoms with E-state index in [-0.39, 0.29) is 11.8 Å². The highest BCUT2D eigenvalue weighted by atomic mass is 19.4. The lowest BCUT2D eigenvalue weighted by Gasteiger charge is -2.48. The third kappa shape index (κ3) is 1.95. The SMILES string of the molecule is COC1(C(F)(F)F)OCOC(C2CC3C=CC2C3)C1(F)F. The molecule has 0 aromatic heterocycles. The van der Waals surface area contributed by atoms with Crippen molar-refractivity contribution in [2.75, 3.05) is 13.9 Å². The van der Waals surface area contributed by atoms with E-state index in [9.17, 15) is 22.0 Å². The van der Waals surface area contributed by atoms with E-state index >= 15 is 0 Å². The minimum Gasteiger partial charge on any atom is -0.345 e. The maximum Gasteiger partial charge on any atom is 0.450 e. The zero-order chi connectivity index (χ0) is 15.5. The van der Waals surface area contributed by atoms with E-state index < -0.39 is 36.7 Å². The molecule has 2 fully saturated rings. The monoisotopic (exact) mass is 314 g/mol. The number of halogens is 5. The highest BCUT2D eigenvalue weighted by molar-refractivity contribution is 5.14. The molecule has 0 aromatic rings. The molecule has 1 saturated heterocycles. The zero-order valence-corrected chi connectivity index (χ0v) is 11.2. The van der Waals surface area contributed by atoms with Crippen molar-refractivity contribution in [2.24, 2.45) is 17.8 Å². The number of hydrogen-bond acceptors (Lipinski definition) is 3. The van der Waals surface area contributed by atoms with Crippen LogP contribution in [0.1, 0.15) is 12.8 Å². The standard InChI is InChI=1S/C13H15F5O3/c1-19-12(13(16,17)18)11(14,15)10(20-6-21-12)9-5-7-2-3-8(9)4-7/h2-3,7-10H,4-6H2,1H3. The Bertz CT molecular complexity index is 450. The van der Waals surface area contributed by atoms with Crippen LogP contribution in [0, 0.1) is 17.8 Å². The quantitative estimate of drug-likeness (QED) is 0.579. The Morgan fingerprint density at radius 3 is 2.38 bits per heavy atom. The fourth-order valence-electron chi connectivity index (χ4n) is 3.72. The van der Waals surface area contributed by atoms with E-state index in [4.69, 9.17) is 4.74 Å². The molecular weight excluding hydrogens is 299 g/mol. The van der Waals surface area contributed by atoms with E-state index in [1.165, 1.54) is 0 Å². The van der Waals surface area contributed by atoms with Crippen molar-refractivity contribution >= 4 is 0 Å². The van der Waals surface area contributed by atoms with Crippen molar-refractivity contribution in [1.82, 2.24) is 0 Å². The smallest absolute Gasteiger partial charge is 0.345 e. The highest BCUT2D eigenvalue weighted by Crippen LogP contribution is 2.56. The Hall–Kier alpha value is -0.730. The third-order valence-electron chi connectivity index (χ3n) is 4.69. The molecule has 21 heavy (non-hydrogen) atoms. The van der Waals surface area contributed by atoms with E-state index in [2.05, 4.69) is 9.47 Å². The molecular formula is C13H15F5O3. The molecule has 3 rings (SSSR count). The molecule has 120 valence electrons. The maximum absolute atomic E-state index is 14.5. The highest BCUT2D eigenvalue weighted by Gasteiger charge is 2.78. The average Bonchev–Trinajstić information content (AvgIpc) is 2.98. The summed E-state index contributed by atoms with van der Waals surface area (Å²) in [5.74, 6) is -8.96. The first-order valence-electron chi connectivity index (χ1n) is 6.66. The van der Waals surface area contributed by atoms with Gasteiger partial charge in [0.25, 0.3) is 0 Å². The van der Waals surface area contributed by atoms with Crippen molar-refractivity contribution in [2.45, 2.75) is 36.8 Å². The summed E-state index contributed by atoms with van der Waals surface area (Å²) in [5.41, 5.74) is 0. The first kappa shape index (κ1) is 15.2. The van der Waals surface area contributed by atoms with Crippen LogP contribution in [0.15, 0.2) is 12.2 Å². The van der Waals surface area contributed by atoms with Gasteiger partial charge in [-0.25, -0.2) is 0 Å². The van der Waals surface area contributed by atoms with E-state index in [1.54, 1.807) is 6.08 Å². The number of alkyl halides is 5. The molecule has 0 spiro atoms. The summed E-state index contributed by atoms with van der Waals surface area (Å²) in [6.45, 7) is -0.870. The van der Waals surface area contributed by atoms with Crippen molar-refractivity contribution in [3.63, 3.8) is 0 Å². The summed E-state index contributed by atoms with van der Waals surface area (Å²) in [6, 6.07) is 0. The second kappa shape index (κ2) is 4.63. The van der Waals surface area contributed by atoms with Gasteiger partial charge in [0, 0.05) is 7.11 Å². The van der Waals surface area contributed by atoms with Crippen LogP contribution < -0.4 is 0 Å². The zero-order valence-electron chi connectivity index (χ0n) is 11.2. The lowest BCUT2D eigenvalue weighted by atomic mass is 9.82. The van der Waals surface area contributed by atoms with Gasteiger partial charge in [0.2, 0.25) is 0 Å². The van der Waals surface area contributed by atoms with Crippen LogP contribution in [-0.2, 0) is 14.2 Å². The van der Waals surface area contributed by atoms with Gasteiger partial charge in [-0.15, -0.1) is 0 Å². The van der Waals surface area contributed by atoms with Gasteiger partial charge in [0.15, 0.2) is 6.79 Å². The van der Waals surface area contributed by atoms with Crippen LogP contribution in [0.2, 0.25) is 0 Å². The number of hydrogen-bond donors (Lipinski definition) is 0. The van der Waals surface area contributed by atoms with Crippen molar-refractivity contribution < 1.29 is 36.2 Å². The molecule has 0 radical (unpaired) electrons. The normalized spacial score (nSPS) is 45.2.